The van der Waals surface area contributed by atoms with E-state index in [1.807, 2.05) is 0 Å². The summed E-state index contributed by atoms with van der Waals surface area (Å²) in [5.74, 6) is -0.300. The first-order chi connectivity index (χ1) is 11.5. The summed E-state index contributed by atoms with van der Waals surface area (Å²) in [5.41, 5.74) is 8.31. The van der Waals surface area contributed by atoms with Crippen LogP contribution in [0.3, 0.4) is 0 Å². The minimum absolute atomic E-state index is 0.0387. The third-order valence-electron chi connectivity index (χ3n) is 2.65. The minimum atomic E-state index is -0.637. The van der Waals surface area contributed by atoms with Crippen molar-refractivity contribution in [3.8, 4) is 5.75 Å². The number of hydrogen-bond acceptors (Lipinski definition) is 10. The highest BCUT2D eigenvalue weighted by atomic mass is 32.1. The smallest absolute Gasteiger partial charge is 0.343 e. The van der Waals surface area contributed by atoms with E-state index in [9.17, 15) is 14.9 Å². The van der Waals surface area contributed by atoms with Crippen molar-refractivity contribution in [1.29, 1.82) is 0 Å². The van der Waals surface area contributed by atoms with Crippen LogP contribution in [0.25, 0.3) is 0 Å². The van der Waals surface area contributed by atoms with Crippen LogP contribution in [0.15, 0.2) is 28.7 Å². The molecule has 1 heterocycles. The normalized spacial score (nSPS) is 10.5. The van der Waals surface area contributed by atoms with Crippen molar-refractivity contribution in [3.05, 3.63) is 39.3 Å². The fourth-order valence-corrected chi connectivity index (χ4v) is 2.12. The van der Waals surface area contributed by atoms with Crippen LogP contribution in [0.5, 0.6) is 5.75 Å². The Morgan fingerprint density at radius 2 is 2.38 bits per heavy atom. The van der Waals surface area contributed by atoms with Crippen molar-refractivity contribution in [2.45, 2.75) is 0 Å². The molecule has 11 heteroatoms. The molecule has 0 fully saturated rings. The van der Waals surface area contributed by atoms with Crippen LogP contribution in [0, 0.1) is 10.1 Å². The molecule has 1 aromatic heterocycles. The standard InChI is InChI=1S/C13H13N5O5S/c1-22-12(19)6-23-10-3-2-8(4-9(10)18(20)21)5-15-17-13-16-11(14)7-24-13/h2-5,7H,6,14H2,1H3,(H,16,17). The van der Waals surface area contributed by atoms with E-state index in [4.69, 9.17) is 10.5 Å². The van der Waals surface area contributed by atoms with Gasteiger partial charge in [-0.3, -0.25) is 15.5 Å². The number of nitrogens with one attached hydrogen (secondary N) is 1. The van der Waals surface area contributed by atoms with Crippen molar-refractivity contribution in [2.75, 3.05) is 24.9 Å². The van der Waals surface area contributed by atoms with E-state index in [0.717, 1.165) is 0 Å². The first-order valence-corrected chi connectivity index (χ1v) is 7.35. The lowest BCUT2D eigenvalue weighted by Gasteiger charge is -2.06. The van der Waals surface area contributed by atoms with E-state index in [1.54, 1.807) is 11.4 Å². The molecule has 2 rings (SSSR count). The fourth-order valence-electron chi connectivity index (χ4n) is 1.57. The molecule has 0 bridgehead atoms. The Balaban J connectivity index is 2.09. The molecule has 0 spiro atoms. The summed E-state index contributed by atoms with van der Waals surface area (Å²) >= 11 is 1.27. The molecule has 0 amide bonds. The molecule has 10 nitrogen and oxygen atoms in total. The first kappa shape index (κ1) is 17.1. The summed E-state index contributed by atoms with van der Waals surface area (Å²) in [6.45, 7) is -0.419. The molecule has 0 saturated carbocycles. The molecule has 0 atom stereocenters. The Morgan fingerprint density at radius 3 is 3.00 bits per heavy atom. The van der Waals surface area contributed by atoms with Crippen LogP contribution < -0.4 is 15.9 Å². The number of nitrogen functional groups attached to an aromatic ring is 1. The van der Waals surface area contributed by atoms with Gasteiger partial charge in [-0.05, 0) is 12.1 Å². The second-order valence-corrected chi connectivity index (χ2v) is 5.15. The summed E-state index contributed by atoms with van der Waals surface area (Å²) in [6.07, 6.45) is 1.38. The van der Waals surface area contributed by atoms with E-state index in [2.05, 4.69) is 20.2 Å². The number of esters is 1. The number of benzene rings is 1. The number of carbonyl (C=O) groups excluding carboxylic acids is 1. The molecular weight excluding hydrogens is 338 g/mol. The zero-order valence-electron chi connectivity index (χ0n) is 12.5. The molecule has 126 valence electrons. The topological polar surface area (TPSA) is 142 Å². The zero-order chi connectivity index (χ0) is 17.5. The van der Waals surface area contributed by atoms with Gasteiger partial charge in [0.25, 0.3) is 0 Å². The molecule has 1 aromatic carbocycles. The highest BCUT2D eigenvalue weighted by molar-refractivity contribution is 7.14. The predicted molar refractivity (Wildman–Crippen MR) is 88.4 cm³/mol. The van der Waals surface area contributed by atoms with Gasteiger partial charge in [0.05, 0.1) is 18.2 Å². The van der Waals surface area contributed by atoms with Crippen molar-refractivity contribution in [2.24, 2.45) is 5.10 Å². The minimum Gasteiger partial charge on any atom is -0.475 e. The van der Waals surface area contributed by atoms with Gasteiger partial charge in [-0.15, -0.1) is 11.3 Å². The van der Waals surface area contributed by atoms with E-state index >= 15 is 0 Å². The van der Waals surface area contributed by atoms with Crippen LogP contribution in [-0.2, 0) is 9.53 Å². The van der Waals surface area contributed by atoms with Crippen molar-refractivity contribution in [3.63, 3.8) is 0 Å². The molecule has 0 saturated heterocycles. The van der Waals surface area contributed by atoms with Gasteiger partial charge in [-0.2, -0.15) is 5.10 Å². The highest BCUT2D eigenvalue weighted by Gasteiger charge is 2.17. The van der Waals surface area contributed by atoms with Crippen LogP contribution in [0.2, 0.25) is 0 Å². The summed E-state index contributed by atoms with van der Waals surface area (Å²) < 4.78 is 9.50. The van der Waals surface area contributed by atoms with E-state index in [1.165, 1.54) is 36.8 Å². The van der Waals surface area contributed by atoms with Crippen LogP contribution >= 0.6 is 11.3 Å². The summed E-state index contributed by atoms with van der Waals surface area (Å²) in [5, 5.41) is 17.2. The number of rotatable bonds is 7. The second kappa shape index (κ2) is 7.87. The van der Waals surface area contributed by atoms with Gasteiger partial charge in [0, 0.05) is 17.0 Å². The molecule has 0 radical (unpaired) electrons. The molecule has 3 N–H and O–H groups in total. The number of thiazole rings is 1. The highest BCUT2D eigenvalue weighted by Crippen LogP contribution is 2.27. The lowest BCUT2D eigenvalue weighted by molar-refractivity contribution is -0.385. The number of nitrogens with zero attached hydrogens (tertiary/aromatic N) is 3. The van der Waals surface area contributed by atoms with Gasteiger partial charge in [0.15, 0.2) is 12.4 Å². The quantitative estimate of drug-likeness (QED) is 0.332. The molecule has 24 heavy (non-hydrogen) atoms. The maximum Gasteiger partial charge on any atom is 0.343 e. The Bertz CT molecular complexity index is 776. The first-order valence-electron chi connectivity index (χ1n) is 6.47. The number of nitrogens with two attached hydrogens (primary N) is 1. The van der Waals surface area contributed by atoms with Crippen LogP contribution in [-0.4, -0.2) is 35.8 Å². The van der Waals surface area contributed by atoms with Gasteiger partial charge in [-0.25, -0.2) is 9.78 Å². The predicted octanol–water partition coefficient (Wildman–Crippen LogP) is 1.63. The number of methoxy groups -OCH3 is 1. The number of carbonyl (C=O) groups is 1. The summed E-state index contributed by atoms with van der Waals surface area (Å²) in [4.78, 5) is 25.5. The zero-order valence-corrected chi connectivity index (χ0v) is 13.3. The maximum absolute atomic E-state index is 11.1. The third-order valence-corrected chi connectivity index (χ3v) is 3.41. The van der Waals surface area contributed by atoms with Crippen LogP contribution in [0.1, 0.15) is 5.56 Å². The molecule has 0 aliphatic rings. The number of nitro benzene ring substituents is 1. The third kappa shape index (κ3) is 4.64. The fraction of sp³-hybridized carbons (Fsp3) is 0.154. The maximum atomic E-state index is 11.1. The van der Waals surface area contributed by atoms with E-state index in [-0.39, 0.29) is 11.4 Å². The number of ether oxygens (including phenoxy) is 2. The van der Waals surface area contributed by atoms with Crippen LogP contribution in [0.4, 0.5) is 16.6 Å². The lowest BCUT2D eigenvalue weighted by Crippen LogP contribution is -2.13. The van der Waals surface area contributed by atoms with Gasteiger partial charge >= 0.3 is 11.7 Å². The van der Waals surface area contributed by atoms with Gasteiger partial charge in [0.2, 0.25) is 5.13 Å². The van der Waals surface area contributed by atoms with E-state index < -0.39 is 17.5 Å². The summed E-state index contributed by atoms with van der Waals surface area (Å²) in [7, 11) is 1.20. The Morgan fingerprint density at radius 1 is 1.58 bits per heavy atom. The monoisotopic (exact) mass is 351 g/mol. The molecule has 0 aliphatic heterocycles. The van der Waals surface area contributed by atoms with Crippen molar-refractivity contribution >= 4 is 40.2 Å². The number of hydrogen-bond donors (Lipinski definition) is 2. The Labute approximate surface area is 140 Å². The number of nitro groups is 1. The van der Waals surface area contributed by atoms with Crippen molar-refractivity contribution < 1.29 is 19.2 Å². The number of anilines is 2. The lowest BCUT2D eigenvalue weighted by atomic mass is 10.2. The van der Waals surface area contributed by atoms with Gasteiger partial charge < -0.3 is 15.2 Å². The van der Waals surface area contributed by atoms with Crippen molar-refractivity contribution in [1.82, 2.24) is 4.98 Å². The van der Waals surface area contributed by atoms with E-state index in [0.29, 0.717) is 16.5 Å². The van der Waals surface area contributed by atoms with Gasteiger partial charge in [0.1, 0.15) is 5.82 Å². The molecule has 0 aliphatic carbocycles. The molecule has 0 unspecified atom stereocenters. The molecule has 2 aromatic rings. The second-order valence-electron chi connectivity index (χ2n) is 4.30. The SMILES string of the molecule is COC(=O)COc1ccc(C=NNc2nc(N)cs2)cc1[N+](=O)[O-]. The largest absolute Gasteiger partial charge is 0.475 e. The molecular formula is C13H13N5O5S. The number of aromatic nitrogens is 1. The average molecular weight is 351 g/mol. The van der Waals surface area contributed by atoms with Gasteiger partial charge in [-0.1, -0.05) is 0 Å². The summed E-state index contributed by atoms with van der Waals surface area (Å²) in [6, 6.07) is 4.21. The Hall–Kier alpha value is -3.21. The number of hydrazone groups is 1. The Kier molecular flexibility index (Phi) is 5.63. The average Bonchev–Trinajstić information content (AvgIpc) is 2.98.